The zero-order valence-electron chi connectivity index (χ0n) is 8.02. The number of aliphatic hydroxyl groups is 1. The maximum atomic E-state index is 12.7. The molecule has 0 spiro atoms. The van der Waals surface area contributed by atoms with E-state index in [1.165, 1.54) is 0 Å². The van der Waals surface area contributed by atoms with Crippen molar-refractivity contribution in [2.24, 2.45) is 0 Å². The van der Waals surface area contributed by atoms with Gasteiger partial charge in [0.15, 0.2) is 0 Å². The van der Waals surface area contributed by atoms with Crippen LogP contribution in [0.3, 0.4) is 0 Å². The number of halogens is 2. The minimum atomic E-state index is -2.99. The molecule has 1 rings (SSSR count). The molecule has 1 atom stereocenters. The zero-order valence-corrected chi connectivity index (χ0v) is 8.02. The molecule has 1 N–H and O–H groups in total. The summed E-state index contributed by atoms with van der Waals surface area (Å²) < 4.78 is 30.8. The smallest absolute Gasteiger partial charge is 0.273 e. The first-order valence-corrected chi connectivity index (χ1v) is 4.51. The lowest BCUT2D eigenvalue weighted by molar-refractivity contribution is -0.105. The maximum absolute atomic E-state index is 12.7. The number of alkyl halides is 2. The van der Waals surface area contributed by atoms with E-state index in [2.05, 4.69) is 0 Å². The topological polar surface area (TPSA) is 29.5 Å². The Kier molecular flexibility index (Phi) is 2.92. The summed E-state index contributed by atoms with van der Waals surface area (Å²) in [4.78, 5) is 0. The van der Waals surface area contributed by atoms with E-state index in [1.54, 1.807) is 0 Å². The molecule has 4 heteroatoms. The summed E-state index contributed by atoms with van der Waals surface area (Å²) in [5.74, 6) is -2.99. The third-order valence-electron chi connectivity index (χ3n) is 2.31. The maximum Gasteiger partial charge on any atom is 0.273 e. The minimum absolute atomic E-state index is 0.282. The van der Waals surface area contributed by atoms with Crippen LogP contribution in [0.1, 0.15) is 33.1 Å². The van der Waals surface area contributed by atoms with E-state index in [4.69, 9.17) is 9.84 Å². The van der Waals surface area contributed by atoms with Crippen LogP contribution in [0.4, 0.5) is 8.78 Å². The summed E-state index contributed by atoms with van der Waals surface area (Å²) in [6, 6.07) is 0. The summed E-state index contributed by atoms with van der Waals surface area (Å²) in [5.41, 5.74) is -0.282. The quantitative estimate of drug-likeness (QED) is 0.744. The average Bonchev–Trinajstić information content (AvgIpc) is 2.29. The van der Waals surface area contributed by atoms with Crippen LogP contribution in [0.2, 0.25) is 0 Å². The van der Waals surface area contributed by atoms with Crippen LogP contribution in [0.25, 0.3) is 0 Å². The van der Waals surface area contributed by atoms with Crippen LogP contribution >= 0.6 is 0 Å². The Morgan fingerprint density at radius 1 is 1.54 bits per heavy atom. The second kappa shape index (κ2) is 3.50. The predicted molar refractivity (Wildman–Crippen MR) is 44.8 cm³/mol. The largest absolute Gasteiger partial charge is 0.390 e. The lowest BCUT2D eigenvalue weighted by Crippen LogP contribution is -2.29. The van der Waals surface area contributed by atoms with Crippen molar-refractivity contribution < 1.29 is 18.6 Å². The minimum Gasteiger partial charge on any atom is -0.390 e. The zero-order chi connectivity index (χ0) is 10.1. The van der Waals surface area contributed by atoms with Gasteiger partial charge in [-0.25, -0.2) is 8.78 Å². The number of hydrogen-bond acceptors (Lipinski definition) is 2. The van der Waals surface area contributed by atoms with Crippen molar-refractivity contribution in [2.75, 3.05) is 6.61 Å². The molecule has 1 fully saturated rings. The fourth-order valence-corrected chi connectivity index (χ4v) is 1.62. The Morgan fingerprint density at radius 3 is 2.54 bits per heavy atom. The van der Waals surface area contributed by atoms with Crippen molar-refractivity contribution in [3.8, 4) is 0 Å². The van der Waals surface area contributed by atoms with Gasteiger partial charge in [0.25, 0.3) is 5.92 Å². The summed E-state index contributed by atoms with van der Waals surface area (Å²) in [6.45, 7) is 2.70. The second-order valence-electron chi connectivity index (χ2n) is 4.26. The van der Waals surface area contributed by atoms with E-state index in [0.29, 0.717) is 6.42 Å². The Labute approximate surface area is 76.9 Å². The Hall–Kier alpha value is -0.220. The molecule has 0 amide bonds. The summed E-state index contributed by atoms with van der Waals surface area (Å²) >= 11 is 0. The first-order valence-electron chi connectivity index (χ1n) is 4.51. The van der Waals surface area contributed by atoms with Crippen LogP contribution in [0, 0.1) is 0 Å². The highest BCUT2D eigenvalue weighted by Gasteiger charge is 2.39. The van der Waals surface area contributed by atoms with Crippen LogP contribution in [-0.4, -0.2) is 29.3 Å². The van der Waals surface area contributed by atoms with Crippen molar-refractivity contribution in [2.45, 2.75) is 50.7 Å². The molecule has 0 aromatic heterocycles. The SMILES string of the molecule is CC1(C)CCC(CC(F)(F)CO)O1. The van der Waals surface area contributed by atoms with Crippen LogP contribution in [0.5, 0.6) is 0 Å². The van der Waals surface area contributed by atoms with Gasteiger partial charge in [-0.1, -0.05) is 0 Å². The molecule has 0 radical (unpaired) electrons. The van der Waals surface area contributed by atoms with E-state index in [0.717, 1.165) is 6.42 Å². The highest BCUT2D eigenvalue weighted by atomic mass is 19.3. The van der Waals surface area contributed by atoms with Crippen LogP contribution in [-0.2, 0) is 4.74 Å². The summed E-state index contributed by atoms with van der Waals surface area (Å²) in [5, 5.41) is 8.38. The van der Waals surface area contributed by atoms with Crippen molar-refractivity contribution in [1.82, 2.24) is 0 Å². The van der Waals surface area contributed by atoms with Gasteiger partial charge in [-0.3, -0.25) is 0 Å². The van der Waals surface area contributed by atoms with Gasteiger partial charge >= 0.3 is 0 Å². The van der Waals surface area contributed by atoms with Gasteiger partial charge in [0.2, 0.25) is 0 Å². The van der Waals surface area contributed by atoms with Gasteiger partial charge in [0, 0.05) is 6.42 Å². The van der Waals surface area contributed by atoms with E-state index < -0.39 is 18.6 Å². The van der Waals surface area contributed by atoms with Crippen molar-refractivity contribution in [3.05, 3.63) is 0 Å². The molecule has 1 unspecified atom stereocenters. The number of aliphatic hydroxyl groups excluding tert-OH is 1. The van der Waals surface area contributed by atoms with E-state index in [-0.39, 0.29) is 12.0 Å². The van der Waals surface area contributed by atoms with Crippen LogP contribution in [0.15, 0.2) is 0 Å². The standard InChI is InChI=1S/C9H16F2O2/c1-8(2)4-3-7(13-8)5-9(10,11)6-12/h7,12H,3-6H2,1-2H3. The third-order valence-corrected chi connectivity index (χ3v) is 2.31. The highest BCUT2D eigenvalue weighted by Crippen LogP contribution is 2.34. The van der Waals surface area contributed by atoms with E-state index >= 15 is 0 Å². The van der Waals surface area contributed by atoms with Gasteiger partial charge in [0.05, 0.1) is 11.7 Å². The predicted octanol–water partition coefficient (Wildman–Crippen LogP) is 1.96. The molecular weight excluding hydrogens is 178 g/mol. The Morgan fingerprint density at radius 2 is 2.15 bits per heavy atom. The van der Waals surface area contributed by atoms with E-state index in [9.17, 15) is 8.78 Å². The third kappa shape index (κ3) is 3.19. The lowest BCUT2D eigenvalue weighted by atomic mass is 10.0. The highest BCUT2D eigenvalue weighted by molar-refractivity contribution is 4.83. The van der Waals surface area contributed by atoms with Crippen molar-refractivity contribution >= 4 is 0 Å². The number of rotatable bonds is 3. The van der Waals surface area contributed by atoms with E-state index in [1.807, 2.05) is 13.8 Å². The first-order chi connectivity index (χ1) is 5.85. The van der Waals surface area contributed by atoms with Gasteiger partial charge < -0.3 is 9.84 Å². The molecule has 1 aliphatic heterocycles. The molecule has 1 saturated heterocycles. The molecule has 0 saturated carbocycles. The molecule has 1 aliphatic rings. The fraction of sp³-hybridized carbons (Fsp3) is 1.00. The van der Waals surface area contributed by atoms with Gasteiger partial charge in [-0.05, 0) is 26.7 Å². The molecule has 0 aromatic rings. The first kappa shape index (κ1) is 10.9. The van der Waals surface area contributed by atoms with Crippen LogP contribution < -0.4 is 0 Å². The number of hydrogen-bond donors (Lipinski definition) is 1. The molecule has 0 aliphatic carbocycles. The van der Waals surface area contributed by atoms with Gasteiger partial charge in [0.1, 0.15) is 6.61 Å². The normalized spacial score (nSPS) is 27.9. The average molecular weight is 194 g/mol. The fourth-order valence-electron chi connectivity index (χ4n) is 1.62. The molecule has 1 heterocycles. The summed E-state index contributed by atoms with van der Waals surface area (Å²) in [6.07, 6.45) is 0.687. The molecule has 0 aromatic carbocycles. The van der Waals surface area contributed by atoms with Crippen molar-refractivity contribution in [3.63, 3.8) is 0 Å². The Balaban J connectivity index is 2.40. The lowest BCUT2D eigenvalue weighted by Gasteiger charge is -2.22. The molecule has 13 heavy (non-hydrogen) atoms. The second-order valence-corrected chi connectivity index (χ2v) is 4.26. The summed E-state index contributed by atoms with van der Waals surface area (Å²) in [7, 11) is 0. The molecular formula is C9H16F2O2. The van der Waals surface area contributed by atoms with Crippen molar-refractivity contribution in [1.29, 1.82) is 0 Å². The molecule has 78 valence electrons. The Bertz CT molecular complexity index is 180. The number of ether oxygens (including phenoxy) is 1. The monoisotopic (exact) mass is 194 g/mol. The van der Waals surface area contributed by atoms with Gasteiger partial charge in [-0.2, -0.15) is 0 Å². The molecule has 2 nitrogen and oxygen atoms in total. The molecule has 0 bridgehead atoms. The van der Waals surface area contributed by atoms with Gasteiger partial charge in [-0.15, -0.1) is 0 Å².